The van der Waals surface area contributed by atoms with Gasteiger partial charge >= 0.3 is 5.97 Å². The van der Waals surface area contributed by atoms with Crippen molar-refractivity contribution in [1.29, 1.82) is 0 Å². The highest BCUT2D eigenvalue weighted by Crippen LogP contribution is 2.22. The van der Waals surface area contributed by atoms with Gasteiger partial charge in [-0.15, -0.1) is 0 Å². The van der Waals surface area contributed by atoms with E-state index in [-0.39, 0.29) is 56.5 Å². The molecule has 42 heavy (non-hydrogen) atoms. The Hall–Kier alpha value is -3.95. The Morgan fingerprint density at radius 2 is 1.81 bits per heavy atom. The maximum Gasteiger partial charge on any atom is 0.309 e. The van der Waals surface area contributed by atoms with Crippen LogP contribution in [0.15, 0.2) is 72.9 Å². The summed E-state index contributed by atoms with van der Waals surface area (Å²) in [4.78, 5) is 42.8. The Kier molecular flexibility index (Phi) is 12.2. The van der Waals surface area contributed by atoms with Gasteiger partial charge in [0.15, 0.2) is 0 Å². The summed E-state index contributed by atoms with van der Waals surface area (Å²) in [5.41, 5.74) is 3.07. The number of aliphatic hydroxyl groups is 1. The molecule has 3 aromatic rings. The molecule has 9 nitrogen and oxygen atoms in total. The number of nitrogens with one attached hydrogen (secondary N) is 3. The SMILES string of the molecule is O=C(CC1CC=CCCC(Cc2ccccc2)C(=O)OCC(Cc2c[nH]c3ccccc23)NC1=O)NCCOCCO. The molecule has 4 rings (SSSR count). The highest BCUT2D eigenvalue weighted by atomic mass is 16.5. The van der Waals surface area contributed by atoms with Gasteiger partial charge in [-0.2, -0.15) is 0 Å². The first-order chi connectivity index (χ1) is 20.5. The Morgan fingerprint density at radius 1 is 1.00 bits per heavy atom. The van der Waals surface area contributed by atoms with Crippen molar-refractivity contribution in [1.82, 2.24) is 15.6 Å². The van der Waals surface area contributed by atoms with Gasteiger partial charge in [-0.25, -0.2) is 0 Å². The summed E-state index contributed by atoms with van der Waals surface area (Å²) in [5, 5.41) is 15.7. The van der Waals surface area contributed by atoms with E-state index in [4.69, 9.17) is 14.6 Å². The summed E-state index contributed by atoms with van der Waals surface area (Å²) in [6, 6.07) is 17.4. The number of allylic oxidation sites excluding steroid dienone is 2. The Morgan fingerprint density at radius 3 is 2.64 bits per heavy atom. The van der Waals surface area contributed by atoms with E-state index < -0.39 is 12.0 Å². The van der Waals surface area contributed by atoms with Gasteiger partial charge in [0, 0.05) is 30.1 Å². The molecule has 0 saturated carbocycles. The number of rotatable bonds is 11. The van der Waals surface area contributed by atoms with Gasteiger partial charge in [-0.1, -0.05) is 60.7 Å². The van der Waals surface area contributed by atoms with E-state index in [1.165, 1.54) is 0 Å². The minimum absolute atomic E-state index is 0.0202. The Balaban J connectivity index is 1.49. The number of cyclic esters (lactones) is 1. The number of aromatic nitrogens is 1. The van der Waals surface area contributed by atoms with Crippen molar-refractivity contribution in [2.24, 2.45) is 11.8 Å². The molecule has 1 aliphatic rings. The fraction of sp³-hybridized carbons (Fsp3) is 0.424. The third kappa shape index (κ3) is 9.56. The van der Waals surface area contributed by atoms with Gasteiger partial charge in [-0.3, -0.25) is 14.4 Å². The molecule has 0 bridgehead atoms. The normalized spacial score (nSPS) is 20.2. The second-order valence-electron chi connectivity index (χ2n) is 10.7. The number of fused-ring (bicyclic) bond motifs is 1. The molecule has 2 heterocycles. The molecule has 0 aliphatic carbocycles. The van der Waals surface area contributed by atoms with Crippen LogP contribution < -0.4 is 10.6 Å². The van der Waals surface area contributed by atoms with Gasteiger partial charge in [0.05, 0.1) is 37.7 Å². The number of hydrogen-bond acceptors (Lipinski definition) is 6. The van der Waals surface area contributed by atoms with Crippen molar-refractivity contribution < 1.29 is 29.0 Å². The summed E-state index contributed by atoms with van der Waals surface area (Å²) in [5.74, 6) is -1.67. The third-order valence-electron chi connectivity index (χ3n) is 7.45. The summed E-state index contributed by atoms with van der Waals surface area (Å²) in [7, 11) is 0. The van der Waals surface area contributed by atoms with Crippen LogP contribution in [0.3, 0.4) is 0 Å². The number of carbonyl (C=O) groups excluding carboxylic acids is 3. The van der Waals surface area contributed by atoms with Crippen molar-refractivity contribution in [3.05, 3.63) is 84.1 Å². The number of benzene rings is 2. The highest BCUT2D eigenvalue weighted by Gasteiger charge is 2.27. The Bertz CT molecular complexity index is 1320. The minimum Gasteiger partial charge on any atom is -0.463 e. The van der Waals surface area contributed by atoms with Crippen molar-refractivity contribution in [3.63, 3.8) is 0 Å². The van der Waals surface area contributed by atoms with Crippen LogP contribution in [0.25, 0.3) is 10.9 Å². The van der Waals surface area contributed by atoms with E-state index in [1.54, 1.807) is 0 Å². The van der Waals surface area contributed by atoms with E-state index in [1.807, 2.05) is 72.9 Å². The maximum atomic E-state index is 13.5. The van der Waals surface area contributed by atoms with Crippen molar-refractivity contribution in [2.75, 3.05) is 33.0 Å². The second kappa shape index (κ2) is 16.5. The van der Waals surface area contributed by atoms with E-state index in [0.29, 0.717) is 38.6 Å². The smallest absolute Gasteiger partial charge is 0.309 e. The molecule has 0 fully saturated rings. The van der Waals surface area contributed by atoms with Gasteiger partial charge in [0.1, 0.15) is 6.61 Å². The number of ether oxygens (including phenoxy) is 2. The van der Waals surface area contributed by atoms with Crippen molar-refractivity contribution >= 4 is 28.7 Å². The summed E-state index contributed by atoms with van der Waals surface area (Å²) in [6.45, 7) is 0.741. The van der Waals surface area contributed by atoms with Crippen LogP contribution in [0.1, 0.15) is 36.8 Å². The molecule has 4 N–H and O–H groups in total. The molecule has 3 atom stereocenters. The lowest BCUT2D eigenvalue weighted by molar-refractivity contribution is -0.150. The topological polar surface area (TPSA) is 130 Å². The zero-order valence-electron chi connectivity index (χ0n) is 23.9. The fourth-order valence-corrected chi connectivity index (χ4v) is 5.22. The maximum absolute atomic E-state index is 13.5. The highest BCUT2D eigenvalue weighted by molar-refractivity contribution is 5.86. The van der Waals surface area contributed by atoms with Crippen LogP contribution in [0.2, 0.25) is 0 Å². The molecule has 3 unspecified atom stereocenters. The summed E-state index contributed by atoms with van der Waals surface area (Å²) < 4.78 is 11.1. The fourth-order valence-electron chi connectivity index (χ4n) is 5.22. The molecule has 1 aromatic heterocycles. The zero-order chi connectivity index (χ0) is 29.6. The van der Waals surface area contributed by atoms with Gasteiger partial charge in [-0.05, 0) is 49.3 Å². The van der Waals surface area contributed by atoms with E-state index in [9.17, 15) is 14.4 Å². The van der Waals surface area contributed by atoms with Crippen LogP contribution in [0, 0.1) is 11.8 Å². The first kappa shape index (κ1) is 31.0. The lowest BCUT2D eigenvalue weighted by atomic mass is 9.94. The average Bonchev–Trinajstić information content (AvgIpc) is 3.41. The largest absolute Gasteiger partial charge is 0.463 e. The quantitative estimate of drug-likeness (QED) is 0.157. The van der Waals surface area contributed by atoms with E-state index >= 15 is 0 Å². The summed E-state index contributed by atoms with van der Waals surface area (Å²) >= 11 is 0. The number of hydrogen-bond donors (Lipinski definition) is 4. The number of H-pyrrole nitrogens is 1. The van der Waals surface area contributed by atoms with Crippen LogP contribution in [0.4, 0.5) is 0 Å². The third-order valence-corrected chi connectivity index (χ3v) is 7.45. The molecule has 0 spiro atoms. The average molecular weight is 576 g/mol. The van der Waals surface area contributed by atoms with Crippen molar-refractivity contribution in [2.45, 2.75) is 44.6 Å². The predicted molar refractivity (Wildman–Crippen MR) is 161 cm³/mol. The minimum atomic E-state index is -0.582. The first-order valence-electron chi connectivity index (χ1n) is 14.7. The number of aromatic amines is 1. The number of carbonyl (C=O) groups is 3. The van der Waals surface area contributed by atoms with E-state index in [0.717, 1.165) is 22.0 Å². The van der Waals surface area contributed by atoms with Gasteiger partial charge in [0.25, 0.3) is 0 Å². The Labute approximate surface area is 246 Å². The lowest BCUT2D eigenvalue weighted by Gasteiger charge is -2.23. The number of para-hydroxylation sites is 1. The van der Waals surface area contributed by atoms with Crippen LogP contribution in [0.5, 0.6) is 0 Å². The first-order valence-corrected chi connectivity index (χ1v) is 14.7. The number of esters is 1. The molecule has 0 radical (unpaired) electrons. The molecular weight excluding hydrogens is 534 g/mol. The zero-order valence-corrected chi connectivity index (χ0v) is 23.9. The molecule has 2 amide bonds. The molecule has 9 heteroatoms. The van der Waals surface area contributed by atoms with Crippen LogP contribution in [-0.4, -0.2) is 66.9 Å². The number of amides is 2. The molecule has 1 aliphatic heterocycles. The van der Waals surface area contributed by atoms with Gasteiger partial charge < -0.3 is 30.2 Å². The molecule has 2 aromatic carbocycles. The lowest BCUT2D eigenvalue weighted by Crippen LogP contribution is -2.44. The standard InChI is InChI=1S/C33H41N3O6/c37-16-18-41-17-15-34-31(38)21-25-11-5-2-6-12-26(19-24-9-3-1-4-10-24)33(40)42-23-28(36-32(25)39)20-27-22-35-30-14-8-7-13-29(27)30/h1-5,7-10,13-14,22,25-26,28,35,37H,6,11-12,15-21,23H2,(H,34,38)(H,36,39). The molecule has 224 valence electrons. The van der Waals surface area contributed by atoms with Crippen LogP contribution in [-0.2, 0) is 36.7 Å². The predicted octanol–water partition coefficient (Wildman–Crippen LogP) is 3.47. The number of aliphatic hydroxyl groups excluding tert-OH is 1. The summed E-state index contributed by atoms with van der Waals surface area (Å²) in [6.07, 6.45) is 8.58. The molecule has 0 saturated heterocycles. The van der Waals surface area contributed by atoms with E-state index in [2.05, 4.69) is 15.6 Å². The van der Waals surface area contributed by atoms with Gasteiger partial charge in [0.2, 0.25) is 11.8 Å². The monoisotopic (exact) mass is 575 g/mol. The van der Waals surface area contributed by atoms with Crippen LogP contribution >= 0.6 is 0 Å². The molecular formula is C33H41N3O6. The van der Waals surface area contributed by atoms with Crippen molar-refractivity contribution in [3.8, 4) is 0 Å². The second-order valence-corrected chi connectivity index (χ2v) is 10.7.